The van der Waals surface area contributed by atoms with Crippen LogP contribution in [0.15, 0.2) is 71.3 Å². The fourth-order valence-corrected chi connectivity index (χ4v) is 1.60. The molecule has 2 aromatic carbocycles. The van der Waals surface area contributed by atoms with Crippen molar-refractivity contribution in [2.45, 2.75) is 11.8 Å². The van der Waals surface area contributed by atoms with Gasteiger partial charge < -0.3 is 10.8 Å². The molecule has 0 aliphatic rings. The first-order valence-corrected chi connectivity index (χ1v) is 6.48. The fraction of sp³-hybridized carbons (Fsp3) is 0.125. The molecule has 0 unspecified atom stereocenters. The van der Waals surface area contributed by atoms with Crippen LogP contribution >= 0.6 is 12.6 Å². The van der Waals surface area contributed by atoms with Crippen LogP contribution < -0.4 is 5.73 Å². The van der Waals surface area contributed by atoms with Crippen molar-refractivity contribution < 1.29 is 5.11 Å². The van der Waals surface area contributed by atoms with Crippen LogP contribution in [0, 0.1) is 0 Å². The zero-order chi connectivity index (χ0) is 14.1. The maximum Gasteiger partial charge on any atom is 0.0864 e. The molecule has 0 amide bonds. The minimum Gasteiger partial charge on any atom is -0.513 e. The van der Waals surface area contributed by atoms with Gasteiger partial charge in [-0.05, 0) is 36.3 Å². The van der Waals surface area contributed by atoms with Crippen molar-refractivity contribution in [2.24, 2.45) is 5.73 Å². The molecule has 2 aromatic rings. The number of nitrogens with two attached hydrogens (primary N) is 1. The minimum absolute atomic E-state index is 0.289. The molecule has 2 rings (SSSR count). The Hall–Kier alpha value is -1.71. The molecule has 3 N–H and O–H groups in total. The topological polar surface area (TPSA) is 46.2 Å². The first kappa shape index (κ1) is 15.3. The Balaban J connectivity index is 0.000000258. The Morgan fingerprint density at radius 1 is 1.05 bits per heavy atom. The summed E-state index contributed by atoms with van der Waals surface area (Å²) in [6.07, 6.45) is 1.54. The summed E-state index contributed by atoms with van der Waals surface area (Å²) in [6.45, 7) is 2.01. The van der Waals surface area contributed by atoms with E-state index in [0.29, 0.717) is 6.54 Å². The molecule has 0 radical (unpaired) electrons. The number of aliphatic hydroxyl groups is 1. The third kappa shape index (κ3) is 6.13. The first-order valence-electron chi connectivity index (χ1n) is 6.03. The predicted molar refractivity (Wildman–Crippen MR) is 84.6 cm³/mol. The van der Waals surface area contributed by atoms with Crippen LogP contribution in [0.1, 0.15) is 6.92 Å². The van der Waals surface area contributed by atoms with Gasteiger partial charge in [-0.3, -0.25) is 0 Å². The standard InChI is InChI=1S/C12H10S.C4H9NO/c13-12-8-6-11(7-9-12)10-4-2-1-3-5-10;1-4(6)2-3-5/h1-9,13H;2,6H,3,5H2,1H3/b;4-2-. The Kier molecular flexibility index (Phi) is 6.79. The molecule has 0 bridgehead atoms. The van der Waals surface area contributed by atoms with E-state index in [4.69, 9.17) is 10.8 Å². The lowest BCUT2D eigenvalue weighted by Crippen LogP contribution is -1.93. The number of hydrogen-bond donors (Lipinski definition) is 3. The van der Waals surface area contributed by atoms with Gasteiger partial charge in [0.1, 0.15) is 0 Å². The number of thiol groups is 1. The van der Waals surface area contributed by atoms with Crippen molar-refractivity contribution in [3.05, 3.63) is 66.4 Å². The van der Waals surface area contributed by atoms with Crippen LogP contribution in [-0.2, 0) is 0 Å². The Bertz CT molecular complexity index is 502. The van der Waals surface area contributed by atoms with Gasteiger partial charge in [-0.2, -0.15) is 0 Å². The highest BCUT2D eigenvalue weighted by Crippen LogP contribution is 2.19. The summed E-state index contributed by atoms with van der Waals surface area (Å²) in [4.78, 5) is 1.000. The molecule has 0 spiro atoms. The zero-order valence-electron chi connectivity index (χ0n) is 11.0. The van der Waals surface area contributed by atoms with Gasteiger partial charge in [0, 0.05) is 11.4 Å². The van der Waals surface area contributed by atoms with Crippen molar-refractivity contribution in [2.75, 3.05) is 6.54 Å². The molecule has 19 heavy (non-hydrogen) atoms. The van der Waals surface area contributed by atoms with Crippen LogP contribution in [0.5, 0.6) is 0 Å². The quantitative estimate of drug-likeness (QED) is 0.571. The summed E-state index contributed by atoms with van der Waals surface area (Å²) in [5.41, 5.74) is 7.47. The molecule has 3 heteroatoms. The predicted octanol–water partition coefficient (Wildman–Crippen LogP) is 4.05. The minimum atomic E-state index is 0.289. The second kappa shape index (κ2) is 8.40. The Morgan fingerprint density at radius 3 is 2.00 bits per heavy atom. The van der Waals surface area contributed by atoms with Crippen LogP contribution in [0.25, 0.3) is 11.1 Å². The van der Waals surface area contributed by atoms with E-state index in [2.05, 4.69) is 36.9 Å². The fourth-order valence-electron chi connectivity index (χ4n) is 1.46. The number of rotatable bonds is 2. The first-order chi connectivity index (χ1) is 9.13. The summed E-state index contributed by atoms with van der Waals surface area (Å²) in [6, 6.07) is 18.5. The van der Waals surface area contributed by atoms with E-state index < -0.39 is 0 Å². The van der Waals surface area contributed by atoms with Gasteiger partial charge in [0.2, 0.25) is 0 Å². The van der Waals surface area contributed by atoms with Crippen LogP contribution in [0.2, 0.25) is 0 Å². The van der Waals surface area contributed by atoms with E-state index in [9.17, 15) is 0 Å². The summed E-state index contributed by atoms with van der Waals surface area (Å²) in [5, 5.41) is 8.33. The summed E-state index contributed by atoms with van der Waals surface area (Å²) in [7, 11) is 0. The van der Waals surface area contributed by atoms with Gasteiger partial charge in [0.25, 0.3) is 0 Å². The zero-order valence-corrected chi connectivity index (χ0v) is 11.8. The van der Waals surface area contributed by atoms with Gasteiger partial charge in [0.05, 0.1) is 5.76 Å². The third-order valence-electron chi connectivity index (χ3n) is 2.39. The maximum absolute atomic E-state index is 8.33. The second-order valence-electron chi connectivity index (χ2n) is 3.99. The highest BCUT2D eigenvalue weighted by molar-refractivity contribution is 7.80. The van der Waals surface area contributed by atoms with Crippen molar-refractivity contribution >= 4 is 12.6 Å². The van der Waals surface area contributed by atoms with E-state index in [-0.39, 0.29) is 5.76 Å². The number of hydrogen-bond acceptors (Lipinski definition) is 3. The average molecular weight is 273 g/mol. The van der Waals surface area contributed by atoms with E-state index >= 15 is 0 Å². The molecule has 0 aromatic heterocycles. The van der Waals surface area contributed by atoms with Gasteiger partial charge >= 0.3 is 0 Å². The molecular formula is C16H19NOS. The monoisotopic (exact) mass is 273 g/mol. The molecule has 0 saturated carbocycles. The molecule has 0 atom stereocenters. The SMILES string of the molecule is C/C(O)=C/CN.Sc1ccc(-c2ccccc2)cc1. The lowest BCUT2D eigenvalue weighted by atomic mass is 10.1. The number of aliphatic hydroxyl groups excluding tert-OH is 1. The largest absolute Gasteiger partial charge is 0.513 e. The van der Waals surface area contributed by atoms with Gasteiger partial charge in [-0.15, -0.1) is 12.6 Å². The van der Waals surface area contributed by atoms with E-state index in [1.54, 1.807) is 13.0 Å². The van der Waals surface area contributed by atoms with Crippen molar-refractivity contribution in [1.29, 1.82) is 0 Å². The smallest absolute Gasteiger partial charge is 0.0864 e. The Labute approximate surface area is 120 Å². The third-order valence-corrected chi connectivity index (χ3v) is 2.69. The van der Waals surface area contributed by atoms with E-state index in [1.807, 2.05) is 30.3 Å². The Morgan fingerprint density at radius 2 is 1.58 bits per heavy atom. The molecule has 2 nitrogen and oxygen atoms in total. The summed E-state index contributed by atoms with van der Waals surface area (Å²) in [5.74, 6) is 0.289. The van der Waals surface area contributed by atoms with E-state index in [0.717, 1.165) is 4.90 Å². The highest BCUT2D eigenvalue weighted by atomic mass is 32.1. The molecule has 0 heterocycles. The normalized spacial score (nSPS) is 10.6. The number of allylic oxidation sites excluding steroid dienone is 1. The maximum atomic E-state index is 8.33. The summed E-state index contributed by atoms with van der Waals surface area (Å²) < 4.78 is 0. The molecule has 0 aliphatic carbocycles. The second-order valence-corrected chi connectivity index (χ2v) is 4.51. The average Bonchev–Trinajstić information content (AvgIpc) is 2.41. The lowest BCUT2D eigenvalue weighted by molar-refractivity contribution is 0.412. The van der Waals surface area contributed by atoms with Gasteiger partial charge in [-0.25, -0.2) is 0 Å². The van der Waals surface area contributed by atoms with Crippen LogP contribution in [0.3, 0.4) is 0 Å². The highest BCUT2D eigenvalue weighted by Gasteiger charge is 1.94. The van der Waals surface area contributed by atoms with E-state index in [1.165, 1.54) is 11.1 Å². The van der Waals surface area contributed by atoms with Crippen LogP contribution in [-0.4, -0.2) is 11.7 Å². The van der Waals surface area contributed by atoms with Crippen LogP contribution in [0.4, 0.5) is 0 Å². The van der Waals surface area contributed by atoms with Crippen molar-refractivity contribution in [1.82, 2.24) is 0 Å². The van der Waals surface area contributed by atoms with Crippen molar-refractivity contribution in [3.8, 4) is 11.1 Å². The van der Waals surface area contributed by atoms with Gasteiger partial charge in [-0.1, -0.05) is 42.5 Å². The molecule has 0 fully saturated rings. The van der Waals surface area contributed by atoms with Gasteiger partial charge in [0.15, 0.2) is 0 Å². The molecule has 0 saturated heterocycles. The molecule has 0 aliphatic heterocycles. The van der Waals surface area contributed by atoms with Crippen molar-refractivity contribution in [3.63, 3.8) is 0 Å². The summed E-state index contributed by atoms with van der Waals surface area (Å²) >= 11 is 4.24. The molecule has 100 valence electrons. The number of benzene rings is 2. The lowest BCUT2D eigenvalue weighted by Gasteiger charge is -2.00. The molecular weight excluding hydrogens is 254 g/mol.